The van der Waals surface area contributed by atoms with Crippen LogP contribution in [0.4, 0.5) is 0 Å². The number of rotatable bonds is 6. The summed E-state index contributed by atoms with van der Waals surface area (Å²) in [5.74, 6) is -0.629. The first kappa shape index (κ1) is 17.3. The van der Waals surface area contributed by atoms with Crippen molar-refractivity contribution < 1.29 is 24.2 Å². The maximum absolute atomic E-state index is 12.6. The summed E-state index contributed by atoms with van der Waals surface area (Å²) < 4.78 is 10.6. The van der Waals surface area contributed by atoms with E-state index in [0.29, 0.717) is 28.0 Å². The molecule has 0 bridgehead atoms. The topological polar surface area (TPSA) is 101 Å². The number of carbonyl (C=O) groups is 2. The van der Waals surface area contributed by atoms with Crippen molar-refractivity contribution in [1.29, 1.82) is 0 Å². The summed E-state index contributed by atoms with van der Waals surface area (Å²) in [5, 5.41) is 12.7. The number of aliphatic carboxylic acids is 1. The molecule has 3 aromatic rings. The lowest BCUT2D eigenvalue weighted by atomic mass is 10.1. The molecule has 0 aliphatic heterocycles. The van der Waals surface area contributed by atoms with E-state index in [-0.39, 0.29) is 5.69 Å². The summed E-state index contributed by atoms with van der Waals surface area (Å²) in [5.41, 5.74) is 1.40. The first-order chi connectivity index (χ1) is 12.5. The van der Waals surface area contributed by atoms with Crippen LogP contribution >= 0.6 is 0 Å². The normalized spacial score (nSPS) is 11.8. The minimum absolute atomic E-state index is 0.230. The van der Waals surface area contributed by atoms with Gasteiger partial charge in [-0.15, -0.1) is 0 Å². The van der Waals surface area contributed by atoms with Gasteiger partial charge < -0.3 is 24.9 Å². The maximum Gasteiger partial charge on any atom is 0.330 e. The predicted octanol–water partition coefficient (Wildman–Crippen LogP) is 2.74. The quantitative estimate of drug-likeness (QED) is 0.632. The van der Waals surface area contributed by atoms with Crippen LogP contribution < -0.4 is 14.8 Å². The number of hydrogen-bond donors (Lipinski definition) is 3. The first-order valence-electron chi connectivity index (χ1n) is 7.87. The molecule has 3 N–H and O–H groups in total. The highest BCUT2D eigenvalue weighted by Crippen LogP contribution is 2.35. The molecule has 0 fully saturated rings. The summed E-state index contributed by atoms with van der Waals surface area (Å²) in [7, 11) is 3.04. The molecule has 26 heavy (non-hydrogen) atoms. The van der Waals surface area contributed by atoms with Gasteiger partial charge in [0.25, 0.3) is 5.91 Å². The maximum atomic E-state index is 12.6. The molecule has 1 atom stereocenters. The van der Waals surface area contributed by atoms with Gasteiger partial charge in [-0.3, -0.25) is 4.79 Å². The highest BCUT2D eigenvalue weighted by atomic mass is 16.5. The fourth-order valence-electron chi connectivity index (χ4n) is 2.79. The van der Waals surface area contributed by atoms with Crippen LogP contribution in [0, 0.1) is 0 Å². The number of benzene rings is 2. The second-order valence-electron chi connectivity index (χ2n) is 5.60. The Morgan fingerprint density at radius 2 is 1.81 bits per heavy atom. The highest BCUT2D eigenvalue weighted by molar-refractivity contribution is 6.01. The van der Waals surface area contributed by atoms with Crippen molar-refractivity contribution in [3.63, 3.8) is 0 Å². The van der Waals surface area contributed by atoms with Gasteiger partial charge in [0, 0.05) is 5.39 Å². The smallest absolute Gasteiger partial charge is 0.330 e. The molecule has 1 heterocycles. The van der Waals surface area contributed by atoms with Crippen LogP contribution in [-0.4, -0.2) is 36.2 Å². The lowest BCUT2D eigenvalue weighted by Gasteiger charge is -2.14. The number of aromatic amines is 1. The number of methoxy groups -OCH3 is 2. The largest absolute Gasteiger partial charge is 0.493 e. The molecule has 1 aromatic heterocycles. The van der Waals surface area contributed by atoms with Crippen LogP contribution in [0.25, 0.3) is 10.9 Å². The van der Waals surface area contributed by atoms with Crippen LogP contribution in [0.5, 0.6) is 11.5 Å². The molecule has 1 amide bonds. The third-order valence-corrected chi connectivity index (χ3v) is 4.04. The third kappa shape index (κ3) is 3.19. The molecule has 2 aromatic carbocycles. The lowest BCUT2D eigenvalue weighted by Crippen LogP contribution is -2.33. The van der Waals surface area contributed by atoms with Crippen molar-refractivity contribution in [2.75, 3.05) is 14.2 Å². The zero-order chi connectivity index (χ0) is 18.7. The molecule has 0 saturated carbocycles. The van der Waals surface area contributed by atoms with Gasteiger partial charge in [-0.1, -0.05) is 30.3 Å². The zero-order valence-electron chi connectivity index (χ0n) is 14.3. The second kappa shape index (κ2) is 7.18. The monoisotopic (exact) mass is 354 g/mol. The summed E-state index contributed by atoms with van der Waals surface area (Å²) in [6, 6.07) is 12.5. The van der Waals surface area contributed by atoms with E-state index in [1.165, 1.54) is 14.2 Å². The molecule has 3 rings (SSSR count). The number of carboxylic acids is 1. The minimum atomic E-state index is -1.15. The van der Waals surface area contributed by atoms with Crippen molar-refractivity contribution >= 4 is 22.8 Å². The van der Waals surface area contributed by atoms with E-state index in [1.807, 2.05) is 0 Å². The Morgan fingerprint density at radius 1 is 1.08 bits per heavy atom. The van der Waals surface area contributed by atoms with E-state index < -0.39 is 17.9 Å². The Balaban J connectivity index is 1.93. The van der Waals surface area contributed by atoms with Crippen molar-refractivity contribution in [1.82, 2.24) is 10.3 Å². The SMILES string of the molecule is COc1ccc2[nH]c(C(=O)N[C@@H](C(=O)O)c3ccccc3)cc2c1OC. The number of hydrogen-bond acceptors (Lipinski definition) is 4. The van der Waals surface area contributed by atoms with Gasteiger partial charge in [0.05, 0.1) is 19.7 Å². The molecule has 0 unspecified atom stereocenters. The Morgan fingerprint density at radius 3 is 2.42 bits per heavy atom. The lowest BCUT2D eigenvalue weighted by molar-refractivity contribution is -0.139. The van der Waals surface area contributed by atoms with Crippen molar-refractivity contribution in [2.24, 2.45) is 0 Å². The second-order valence-corrected chi connectivity index (χ2v) is 5.60. The minimum Gasteiger partial charge on any atom is -0.493 e. The van der Waals surface area contributed by atoms with Gasteiger partial charge in [0.15, 0.2) is 17.5 Å². The number of carbonyl (C=O) groups excluding carboxylic acids is 1. The van der Waals surface area contributed by atoms with E-state index in [1.54, 1.807) is 48.5 Å². The average Bonchev–Trinajstić information content (AvgIpc) is 3.09. The van der Waals surface area contributed by atoms with Gasteiger partial charge in [-0.05, 0) is 23.8 Å². The fourth-order valence-corrected chi connectivity index (χ4v) is 2.79. The van der Waals surface area contributed by atoms with Crippen LogP contribution in [0.2, 0.25) is 0 Å². The Bertz CT molecular complexity index is 949. The van der Waals surface area contributed by atoms with Crippen molar-refractivity contribution in [3.05, 3.63) is 59.8 Å². The Kier molecular flexibility index (Phi) is 4.79. The van der Waals surface area contributed by atoms with Gasteiger partial charge in [0.2, 0.25) is 0 Å². The molecule has 0 saturated heterocycles. The van der Waals surface area contributed by atoms with Crippen LogP contribution in [0.3, 0.4) is 0 Å². The van der Waals surface area contributed by atoms with Crippen molar-refractivity contribution in [2.45, 2.75) is 6.04 Å². The molecule has 0 spiro atoms. The van der Waals surface area contributed by atoms with Gasteiger partial charge in [-0.25, -0.2) is 4.79 Å². The number of ether oxygens (including phenoxy) is 2. The predicted molar refractivity (Wildman–Crippen MR) is 95.7 cm³/mol. The molecule has 7 nitrogen and oxygen atoms in total. The molecule has 0 aliphatic rings. The number of nitrogens with one attached hydrogen (secondary N) is 2. The number of carboxylic acid groups (broad SMARTS) is 1. The van der Waals surface area contributed by atoms with Crippen LogP contribution in [0.15, 0.2) is 48.5 Å². The molecule has 134 valence electrons. The Labute approximate surface area is 149 Å². The standard InChI is InChI=1S/C19H18N2O5/c1-25-15-9-8-13-12(17(15)26-2)10-14(20-13)18(22)21-16(19(23)24)11-6-4-3-5-7-11/h3-10,16,20H,1-2H3,(H,21,22)(H,23,24)/t16-/m1/s1. The van der Waals surface area contributed by atoms with E-state index in [9.17, 15) is 14.7 Å². The van der Waals surface area contributed by atoms with E-state index in [0.717, 1.165) is 0 Å². The number of fused-ring (bicyclic) bond motifs is 1. The van der Waals surface area contributed by atoms with Crippen LogP contribution in [0.1, 0.15) is 22.1 Å². The summed E-state index contributed by atoms with van der Waals surface area (Å²) >= 11 is 0. The molecule has 7 heteroatoms. The van der Waals surface area contributed by atoms with E-state index in [4.69, 9.17) is 9.47 Å². The number of amides is 1. The highest BCUT2D eigenvalue weighted by Gasteiger charge is 2.24. The first-order valence-corrected chi connectivity index (χ1v) is 7.87. The van der Waals surface area contributed by atoms with E-state index >= 15 is 0 Å². The van der Waals surface area contributed by atoms with E-state index in [2.05, 4.69) is 10.3 Å². The number of H-pyrrole nitrogens is 1. The van der Waals surface area contributed by atoms with Crippen LogP contribution in [-0.2, 0) is 4.79 Å². The van der Waals surface area contributed by atoms with Crippen molar-refractivity contribution in [3.8, 4) is 11.5 Å². The third-order valence-electron chi connectivity index (χ3n) is 4.04. The summed E-state index contributed by atoms with van der Waals surface area (Å²) in [4.78, 5) is 27.1. The molecular weight excluding hydrogens is 336 g/mol. The number of aromatic nitrogens is 1. The Hall–Kier alpha value is -3.48. The summed E-state index contributed by atoms with van der Waals surface area (Å²) in [6.45, 7) is 0. The average molecular weight is 354 g/mol. The zero-order valence-corrected chi connectivity index (χ0v) is 14.3. The molecular formula is C19H18N2O5. The van der Waals surface area contributed by atoms with Gasteiger partial charge in [-0.2, -0.15) is 0 Å². The fraction of sp³-hybridized carbons (Fsp3) is 0.158. The van der Waals surface area contributed by atoms with Gasteiger partial charge in [0.1, 0.15) is 5.69 Å². The van der Waals surface area contributed by atoms with Gasteiger partial charge >= 0.3 is 5.97 Å². The summed E-state index contributed by atoms with van der Waals surface area (Å²) in [6.07, 6.45) is 0. The molecule has 0 radical (unpaired) electrons. The molecule has 0 aliphatic carbocycles.